The Bertz CT molecular complexity index is 999. The number of nitrogens with one attached hydrogen (secondary N) is 2. The largest absolute Gasteiger partial charge is 0.346 e. The highest BCUT2D eigenvalue weighted by Gasteiger charge is 2.14. The van der Waals surface area contributed by atoms with Gasteiger partial charge in [-0.15, -0.1) is 10.2 Å². The molecule has 2 amide bonds. The zero-order chi connectivity index (χ0) is 20.8. The molecule has 0 bridgehead atoms. The zero-order valence-electron chi connectivity index (χ0n) is 16.5. The first kappa shape index (κ1) is 20.5. The highest BCUT2D eigenvalue weighted by atomic mass is 32.2. The molecular formula is C20H22N6O2S. The van der Waals surface area contributed by atoms with Crippen molar-refractivity contribution in [2.75, 3.05) is 17.6 Å². The molecule has 0 fully saturated rings. The summed E-state index contributed by atoms with van der Waals surface area (Å²) in [6.07, 6.45) is 3.40. The summed E-state index contributed by atoms with van der Waals surface area (Å²) in [7, 11) is 1.83. The minimum absolute atomic E-state index is 0.0904. The Kier molecular flexibility index (Phi) is 6.61. The first-order valence-electron chi connectivity index (χ1n) is 9.01. The quantitative estimate of drug-likeness (QED) is 0.580. The third-order valence-electron chi connectivity index (χ3n) is 4.28. The maximum atomic E-state index is 12.1. The van der Waals surface area contributed by atoms with E-state index in [2.05, 4.69) is 25.8 Å². The van der Waals surface area contributed by atoms with Gasteiger partial charge in [-0.25, -0.2) is 0 Å². The van der Waals surface area contributed by atoms with Crippen LogP contribution in [0.2, 0.25) is 0 Å². The van der Waals surface area contributed by atoms with Crippen molar-refractivity contribution in [3.05, 3.63) is 53.9 Å². The maximum Gasteiger partial charge on any atom is 0.243 e. The van der Waals surface area contributed by atoms with Gasteiger partial charge in [0, 0.05) is 30.7 Å². The van der Waals surface area contributed by atoms with E-state index in [4.69, 9.17) is 0 Å². The van der Waals surface area contributed by atoms with Gasteiger partial charge < -0.3 is 15.2 Å². The first-order valence-corrected chi connectivity index (χ1v) is 9.99. The van der Waals surface area contributed by atoms with Gasteiger partial charge in [-0.2, -0.15) is 0 Å². The predicted octanol–water partition coefficient (Wildman–Crippen LogP) is 2.34. The van der Waals surface area contributed by atoms with Crippen molar-refractivity contribution < 1.29 is 9.59 Å². The van der Waals surface area contributed by atoms with Gasteiger partial charge in [0.1, 0.15) is 0 Å². The third-order valence-corrected chi connectivity index (χ3v) is 5.30. The number of carbonyl (C=O) groups is 2. The van der Waals surface area contributed by atoms with E-state index in [-0.39, 0.29) is 24.1 Å². The number of hydrogen-bond donors (Lipinski definition) is 2. The van der Waals surface area contributed by atoms with Crippen molar-refractivity contribution in [3.8, 4) is 11.4 Å². The van der Waals surface area contributed by atoms with Crippen molar-refractivity contribution in [3.63, 3.8) is 0 Å². The van der Waals surface area contributed by atoms with Crippen molar-refractivity contribution in [1.29, 1.82) is 0 Å². The number of carbonyl (C=O) groups excluding carboxylic acids is 2. The molecule has 0 aliphatic rings. The lowest BCUT2D eigenvalue weighted by Gasteiger charge is -2.11. The van der Waals surface area contributed by atoms with Gasteiger partial charge in [0.2, 0.25) is 11.8 Å². The molecule has 3 aromatic rings. The van der Waals surface area contributed by atoms with Crippen LogP contribution in [0.4, 0.5) is 5.69 Å². The average molecular weight is 411 g/mol. The minimum atomic E-state index is -0.265. The summed E-state index contributed by atoms with van der Waals surface area (Å²) < 4.78 is 1.81. The second kappa shape index (κ2) is 9.33. The smallest absolute Gasteiger partial charge is 0.243 e. The predicted molar refractivity (Wildman–Crippen MR) is 113 cm³/mol. The van der Waals surface area contributed by atoms with Crippen molar-refractivity contribution in [2.24, 2.45) is 7.05 Å². The summed E-state index contributed by atoms with van der Waals surface area (Å²) in [6.45, 7) is 3.77. The van der Waals surface area contributed by atoms with Crippen molar-refractivity contribution in [1.82, 2.24) is 25.1 Å². The number of hydrogen-bond acceptors (Lipinski definition) is 6. The fourth-order valence-corrected chi connectivity index (χ4v) is 3.48. The second-order valence-corrected chi connectivity index (χ2v) is 7.43. The Morgan fingerprint density at radius 2 is 1.83 bits per heavy atom. The zero-order valence-corrected chi connectivity index (χ0v) is 17.3. The fraction of sp³-hybridized carbons (Fsp3) is 0.250. The normalized spacial score (nSPS) is 10.6. The number of thioether (sulfide) groups is 1. The molecule has 150 valence electrons. The standard InChI is InChI=1S/C20H22N6O2S/c1-13-6-4-7-14(2)18(13)23-16(27)11-22-17(28)12-29-20-25-24-19(26(20)3)15-8-5-9-21-10-15/h4-10H,11-12H2,1-3H3,(H,22,28)(H,23,27). The summed E-state index contributed by atoms with van der Waals surface area (Å²) >= 11 is 1.26. The van der Waals surface area contributed by atoms with Crippen molar-refractivity contribution >= 4 is 29.3 Å². The number of rotatable bonds is 7. The number of anilines is 1. The summed E-state index contributed by atoms with van der Waals surface area (Å²) in [6, 6.07) is 9.52. The molecule has 0 aliphatic heterocycles. The van der Waals surface area contributed by atoms with Gasteiger partial charge in [-0.1, -0.05) is 30.0 Å². The van der Waals surface area contributed by atoms with Crippen LogP contribution in [-0.4, -0.2) is 43.9 Å². The lowest BCUT2D eigenvalue weighted by molar-refractivity contribution is -0.122. The van der Waals surface area contributed by atoms with E-state index in [0.29, 0.717) is 11.0 Å². The van der Waals surface area contributed by atoms with Crippen LogP contribution in [0.15, 0.2) is 47.9 Å². The van der Waals surface area contributed by atoms with E-state index in [9.17, 15) is 9.59 Å². The summed E-state index contributed by atoms with van der Waals surface area (Å²) in [5, 5.41) is 14.4. The lowest BCUT2D eigenvalue weighted by atomic mass is 10.1. The summed E-state index contributed by atoms with van der Waals surface area (Å²) in [5.41, 5.74) is 3.59. The number of para-hydroxylation sites is 1. The number of aryl methyl sites for hydroxylation is 2. The molecule has 0 unspecified atom stereocenters. The van der Waals surface area contributed by atoms with Gasteiger partial charge in [-0.3, -0.25) is 14.6 Å². The van der Waals surface area contributed by atoms with Gasteiger partial charge in [0.25, 0.3) is 0 Å². The van der Waals surface area contributed by atoms with E-state index in [0.717, 1.165) is 22.4 Å². The van der Waals surface area contributed by atoms with Crippen LogP contribution in [-0.2, 0) is 16.6 Å². The molecule has 0 aliphatic carbocycles. The number of aromatic nitrogens is 4. The highest BCUT2D eigenvalue weighted by Crippen LogP contribution is 2.22. The van der Waals surface area contributed by atoms with Gasteiger partial charge in [0.15, 0.2) is 11.0 Å². The van der Waals surface area contributed by atoms with E-state index >= 15 is 0 Å². The highest BCUT2D eigenvalue weighted by molar-refractivity contribution is 7.99. The SMILES string of the molecule is Cc1cccc(C)c1NC(=O)CNC(=O)CSc1nnc(-c2cccnc2)n1C. The first-order chi connectivity index (χ1) is 14.0. The van der Waals surface area contributed by atoms with Crippen LogP contribution in [0.3, 0.4) is 0 Å². The molecule has 0 spiro atoms. The number of benzene rings is 1. The Balaban J connectivity index is 1.49. The van der Waals surface area contributed by atoms with E-state index in [1.54, 1.807) is 12.4 Å². The molecule has 0 radical (unpaired) electrons. The Hall–Kier alpha value is -3.20. The molecule has 0 saturated carbocycles. The van der Waals surface area contributed by atoms with Gasteiger partial charge in [-0.05, 0) is 37.1 Å². The topological polar surface area (TPSA) is 102 Å². The summed E-state index contributed by atoms with van der Waals surface area (Å²) in [5.74, 6) is 0.292. The Morgan fingerprint density at radius 3 is 2.52 bits per heavy atom. The monoisotopic (exact) mass is 410 g/mol. The van der Waals surface area contributed by atoms with E-state index < -0.39 is 0 Å². The maximum absolute atomic E-state index is 12.1. The van der Waals surface area contributed by atoms with Gasteiger partial charge >= 0.3 is 0 Å². The Labute approximate surface area is 173 Å². The van der Waals surface area contributed by atoms with Crippen LogP contribution in [0.1, 0.15) is 11.1 Å². The second-order valence-electron chi connectivity index (χ2n) is 6.49. The lowest BCUT2D eigenvalue weighted by Crippen LogP contribution is -2.34. The molecule has 8 nitrogen and oxygen atoms in total. The Morgan fingerprint density at radius 1 is 1.07 bits per heavy atom. The molecule has 2 heterocycles. The number of pyridine rings is 1. The molecule has 9 heteroatoms. The molecule has 2 N–H and O–H groups in total. The van der Waals surface area contributed by atoms with E-state index in [1.807, 2.05) is 55.8 Å². The minimum Gasteiger partial charge on any atom is -0.346 e. The molecule has 29 heavy (non-hydrogen) atoms. The van der Waals surface area contributed by atoms with Crippen LogP contribution in [0.25, 0.3) is 11.4 Å². The third kappa shape index (κ3) is 5.20. The molecular weight excluding hydrogens is 388 g/mol. The van der Waals surface area contributed by atoms with Crippen LogP contribution in [0, 0.1) is 13.8 Å². The summed E-state index contributed by atoms with van der Waals surface area (Å²) in [4.78, 5) is 28.3. The number of nitrogens with zero attached hydrogens (tertiary/aromatic N) is 4. The number of amides is 2. The van der Waals surface area contributed by atoms with Crippen molar-refractivity contribution in [2.45, 2.75) is 19.0 Å². The molecule has 0 saturated heterocycles. The molecule has 3 rings (SSSR count). The molecule has 0 atom stereocenters. The van der Waals surface area contributed by atoms with Crippen LogP contribution in [0.5, 0.6) is 0 Å². The fourth-order valence-electron chi connectivity index (χ4n) is 2.74. The molecule has 2 aromatic heterocycles. The molecule has 1 aromatic carbocycles. The van der Waals surface area contributed by atoms with Crippen LogP contribution < -0.4 is 10.6 Å². The van der Waals surface area contributed by atoms with Gasteiger partial charge in [0.05, 0.1) is 12.3 Å². The van der Waals surface area contributed by atoms with E-state index in [1.165, 1.54) is 11.8 Å². The average Bonchev–Trinajstić information content (AvgIpc) is 3.09. The van der Waals surface area contributed by atoms with Crippen LogP contribution >= 0.6 is 11.8 Å².